The number of nitrogens with zero attached hydrogens (tertiary/aromatic N) is 2. The average molecular weight is 301 g/mol. The van der Waals surface area contributed by atoms with E-state index in [0.717, 1.165) is 29.9 Å². The minimum Gasteiger partial charge on any atom is -0.380 e. The maximum absolute atomic E-state index is 11.6. The number of amidine groups is 1. The second-order valence-electron chi connectivity index (χ2n) is 3.78. The molecule has 19 heavy (non-hydrogen) atoms. The average Bonchev–Trinajstić information content (AvgIpc) is 3.05. The lowest BCUT2D eigenvalue weighted by atomic mass is 10.2. The predicted octanol–water partition coefficient (Wildman–Crippen LogP) is 1.72. The molecule has 1 atom stereocenters. The van der Waals surface area contributed by atoms with Gasteiger partial charge in [-0.05, 0) is 24.7 Å². The molecule has 0 spiro atoms. The summed E-state index contributed by atoms with van der Waals surface area (Å²) in [7, 11) is 0. The van der Waals surface area contributed by atoms with Gasteiger partial charge in [0.1, 0.15) is 5.25 Å². The van der Waals surface area contributed by atoms with Gasteiger partial charge in [0.05, 0.1) is 9.80 Å². The van der Waals surface area contributed by atoms with Crippen molar-refractivity contribution in [3.8, 4) is 0 Å². The van der Waals surface area contributed by atoms with E-state index < -0.39 is 10.9 Å². The van der Waals surface area contributed by atoms with Gasteiger partial charge in [-0.2, -0.15) is 0 Å². The van der Waals surface area contributed by atoms with Crippen molar-refractivity contribution in [1.29, 1.82) is 0 Å². The van der Waals surface area contributed by atoms with Crippen molar-refractivity contribution in [3.05, 3.63) is 27.1 Å². The number of carbonyl (C=O) groups excluding carboxylic acids is 1. The van der Waals surface area contributed by atoms with Gasteiger partial charge in [-0.15, -0.1) is 11.8 Å². The Bertz CT molecular complexity index is 523. The molecule has 0 aliphatic carbocycles. The van der Waals surface area contributed by atoms with E-state index in [1.54, 1.807) is 0 Å². The molecule has 1 saturated heterocycles. The number of hydrogen-bond donors (Lipinski definition) is 1. The molecule has 1 aliphatic rings. The van der Waals surface area contributed by atoms with Crippen LogP contribution in [-0.2, 0) is 9.63 Å². The molecule has 1 aliphatic heterocycles. The zero-order chi connectivity index (χ0) is 13.8. The lowest BCUT2D eigenvalue weighted by molar-refractivity contribution is -0.380. The van der Waals surface area contributed by atoms with Crippen LogP contribution >= 0.6 is 23.1 Å². The van der Waals surface area contributed by atoms with Gasteiger partial charge in [0.2, 0.25) is 0 Å². The van der Waals surface area contributed by atoms with Crippen LogP contribution in [0.15, 0.2) is 17.3 Å². The number of nitro groups is 1. The van der Waals surface area contributed by atoms with E-state index in [2.05, 4.69) is 5.16 Å². The van der Waals surface area contributed by atoms with Gasteiger partial charge in [0.15, 0.2) is 5.84 Å². The summed E-state index contributed by atoms with van der Waals surface area (Å²) in [6, 6.07) is 2.80. The van der Waals surface area contributed by atoms with Crippen LogP contribution in [0.2, 0.25) is 0 Å². The third kappa shape index (κ3) is 3.44. The van der Waals surface area contributed by atoms with Gasteiger partial charge in [-0.3, -0.25) is 10.1 Å². The number of carbonyl (C=O) groups is 1. The van der Waals surface area contributed by atoms with Gasteiger partial charge in [0, 0.05) is 6.07 Å². The summed E-state index contributed by atoms with van der Waals surface area (Å²) in [5, 5.41) is 13.8. The van der Waals surface area contributed by atoms with Gasteiger partial charge in [-0.1, -0.05) is 16.5 Å². The highest BCUT2D eigenvalue weighted by Crippen LogP contribution is 2.27. The Balaban J connectivity index is 1.97. The number of rotatable bonds is 4. The number of thiophene rings is 1. The summed E-state index contributed by atoms with van der Waals surface area (Å²) in [5.74, 6) is 0.488. The van der Waals surface area contributed by atoms with Gasteiger partial charge < -0.3 is 10.6 Å². The third-order valence-corrected chi connectivity index (χ3v) is 4.87. The molecular formula is C10H11N3O4S2. The summed E-state index contributed by atoms with van der Waals surface area (Å²) in [6.07, 6.45) is 1.77. The Morgan fingerprint density at radius 2 is 2.37 bits per heavy atom. The van der Waals surface area contributed by atoms with Gasteiger partial charge in [-0.25, -0.2) is 4.79 Å². The maximum atomic E-state index is 11.6. The first-order valence-corrected chi connectivity index (χ1v) is 7.35. The first kappa shape index (κ1) is 13.8. The molecule has 102 valence electrons. The van der Waals surface area contributed by atoms with Crippen LogP contribution in [0.1, 0.15) is 17.7 Å². The minimum absolute atomic E-state index is 0.0329. The molecular weight excluding hydrogens is 290 g/mol. The van der Waals surface area contributed by atoms with E-state index in [4.69, 9.17) is 10.6 Å². The first-order valence-electron chi connectivity index (χ1n) is 5.48. The zero-order valence-corrected chi connectivity index (χ0v) is 11.4. The maximum Gasteiger partial charge on any atom is 0.347 e. The fourth-order valence-electron chi connectivity index (χ4n) is 1.52. The Hall–Kier alpha value is -1.61. The van der Waals surface area contributed by atoms with E-state index in [-0.39, 0.29) is 16.1 Å². The minimum atomic E-state index is -0.511. The van der Waals surface area contributed by atoms with E-state index in [1.165, 1.54) is 23.9 Å². The second-order valence-corrected chi connectivity index (χ2v) is 6.16. The van der Waals surface area contributed by atoms with E-state index >= 15 is 0 Å². The SMILES string of the molecule is N/C(=N\OC(=O)C1CCCS1)c1ccc([N+](=O)[O-])s1. The fraction of sp³-hybridized carbons (Fsp3) is 0.400. The summed E-state index contributed by atoms with van der Waals surface area (Å²) < 4.78 is 0. The number of thioether (sulfide) groups is 1. The molecule has 2 rings (SSSR count). The molecule has 0 aromatic carbocycles. The number of nitrogens with two attached hydrogens (primary N) is 1. The quantitative estimate of drug-likeness (QED) is 0.298. The van der Waals surface area contributed by atoms with E-state index in [1.807, 2.05) is 0 Å². The highest BCUT2D eigenvalue weighted by molar-refractivity contribution is 8.00. The van der Waals surface area contributed by atoms with E-state index in [9.17, 15) is 14.9 Å². The van der Waals surface area contributed by atoms with E-state index in [0.29, 0.717) is 4.88 Å². The van der Waals surface area contributed by atoms with Crippen LogP contribution < -0.4 is 5.73 Å². The monoisotopic (exact) mass is 301 g/mol. The molecule has 1 unspecified atom stereocenters. The first-order chi connectivity index (χ1) is 9.08. The molecule has 0 saturated carbocycles. The Morgan fingerprint density at radius 1 is 1.58 bits per heavy atom. The molecule has 0 bridgehead atoms. The van der Waals surface area contributed by atoms with Crippen molar-refractivity contribution in [2.45, 2.75) is 18.1 Å². The summed E-state index contributed by atoms with van der Waals surface area (Å²) >= 11 is 2.42. The predicted molar refractivity (Wildman–Crippen MR) is 73.3 cm³/mol. The normalized spacial score (nSPS) is 19.4. The molecule has 1 aromatic rings. The lowest BCUT2D eigenvalue weighted by Gasteiger charge is -2.03. The number of hydrogen-bond acceptors (Lipinski definition) is 7. The molecule has 1 aromatic heterocycles. The van der Waals surface area contributed by atoms with Crippen LogP contribution in [0.4, 0.5) is 5.00 Å². The lowest BCUT2D eigenvalue weighted by Crippen LogP contribution is -2.18. The second kappa shape index (κ2) is 6.02. The van der Waals surface area contributed by atoms with Crippen LogP contribution in [0.3, 0.4) is 0 Å². The van der Waals surface area contributed by atoms with Crippen LogP contribution in [-0.4, -0.2) is 27.7 Å². The van der Waals surface area contributed by atoms with Gasteiger partial charge >= 0.3 is 11.0 Å². The van der Waals surface area contributed by atoms with Crippen LogP contribution in [0.25, 0.3) is 0 Å². The van der Waals surface area contributed by atoms with Crippen molar-refractivity contribution in [2.24, 2.45) is 10.9 Å². The van der Waals surface area contributed by atoms with Crippen LogP contribution in [0, 0.1) is 10.1 Å². The highest BCUT2D eigenvalue weighted by Gasteiger charge is 2.25. The summed E-state index contributed by atoms with van der Waals surface area (Å²) in [6.45, 7) is 0. The van der Waals surface area contributed by atoms with Crippen LogP contribution in [0.5, 0.6) is 0 Å². The summed E-state index contributed by atoms with van der Waals surface area (Å²) in [5.41, 5.74) is 5.61. The molecule has 0 radical (unpaired) electrons. The molecule has 1 fully saturated rings. The molecule has 0 amide bonds. The number of oxime groups is 1. The topological polar surface area (TPSA) is 108 Å². The Morgan fingerprint density at radius 3 is 2.95 bits per heavy atom. The van der Waals surface area contributed by atoms with Crippen molar-refractivity contribution >= 4 is 39.9 Å². The smallest absolute Gasteiger partial charge is 0.347 e. The Labute approximate surface area is 116 Å². The van der Waals surface area contributed by atoms with Crippen molar-refractivity contribution < 1.29 is 14.6 Å². The van der Waals surface area contributed by atoms with Gasteiger partial charge in [0.25, 0.3) is 0 Å². The third-order valence-electron chi connectivity index (χ3n) is 2.45. The fourth-order valence-corrected chi connectivity index (χ4v) is 3.37. The van der Waals surface area contributed by atoms with Crippen molar-refractivity contribution in [1.82, 2.24) is 0 Å². The molecule has 2 N–H and O–H groups in total. The summed E-state index contributed by atoms with van der Waals surface area (Å²) in [4.78, 5) is 26.8. The van der Waals surface area contributed by atoms with Crippen molar-refractivity contribution in [3.63, 3.8) is 0 Å². The van der Waals surface area contributed by atoms with Crippen molar-refractivity contribution in [2.75, 3.05) is 5.75 Å². The Kier molecular flexibility index (Phi) is 4.38. The molecule has 7 nitrogen and oxygen atoms in total. The zero-order valence-electron chi connectivity index (χ0n) is 9.77. The standard InChI is InChI=1S/C10H11N3O4S2/c11-9(6-3-4-8(19-6)13(15)16)12-17-10(14)7-2-1-5-18-7/h3-4,7H,1-2,5H2,(H2,11,12). The largest absolute Gasteiger partial charge is 0.380 e. The molecule has 9 heteroatoms. The molecule has 2 heterocycles. The highest BCUT2D eigenvalue weighted by atomic mass is 32.2.